The molecule has 1 amide bonds. The van der Waals surface area contributed by atoms with E-state index < -0.39 is 12.1 Å². The fourth-order valence-electron chi connectivity index (χ4n) is 0.905. The van der Waals surface area contributed by atoms with Crippen LogP contribution >= 0.6 is 0 Å². The molecule has 1 heterocycles. The van der Waals surface area contributed by atoms with Crippen LogP contribution in [-0.2, 0) is 9.53 Å². The topological polar surface area (TPSA) is 78.8 Å². The maximum atomic E-state index is 10.6. The van der Waals surface area contributed by atoms with E-state index in [1.165, 1.54) is 0 Å². The van der Waals surface area contributed by atoms with Crippen LogP contribution in [0.3, 0.4) is 0 Å². The van der Waals surface area contributed by atoms with Crippen LogP contribution in [0.2, 0.25) is 0 Å². The van der Waals surface area contributed by atoms with Gasteiger partial charge in [-0.3, -0.25) is 4.79 Å². The lowest BCUT2D eigenvalue weighted by Crippen LogP contribution is -2.60. The van der Waals surface area contributed by atoms with Gasteiger partial charge in [0.05, 0.1) is 19.8 Å². The zero-order valence-electron chi connectivity index (χ0n) is 5.99. The van der Waals surface area contributed by atoms with E-state index in [1.807, 2.05) is 0 Å². The first-order chi connectivity index (χ1) is 5.29. The number of amides is 1. The van der Waals surface area contributed by atoms with Crippen LogP contribution in [0.5, 0.6) is 0 Å². The van der Waals surface area contributed by atoms with Gasteiger partial charge in [0.25, 0.3) is 0 Å². The Morgan fingerprint density at radius 3 is 2.73 bits per heavy atom. The molecule has 5 heteroatoms. The molecular formula is C6H11NO4. The van der Waals surface area contributed by atoms with E-state index in [4.69, 9.17) is 14.9 Å². The average molecular weight is 161 g/mol. The molecule has 3 N–H and O–H groups in total. The van der Waals surface area contributed by atoms with Gasteiger partial charge in [0.2, 0.25) is 5.91 Å². The number of carbonyl (C=O) groups is 1. The second-order valence-electron chi connectivity index (χ2n) is 2.31. The van der Waals surface area contributed by atoms with Crippen molar-refractivity contribution in [2.24, 2.45) is 5.92 Å². The lowest BCUT2D eigenvalue weighted by atomic mass is 10.0. The molecule has 1 fully saturated rings. The molecule has 11 heavy (non-hydrogen) atoms. The van der Waals surface area contributed by atoms with Crippen LogP contribution in [-0.4, -0.2) is 42.2 Å². The summed E-state index contributed by atoms with van der Waals surface area (Å²) in [5, 5.41) is 19.4. The number of hydrogen-bond acceptors (Lipinski definition) is 4. The number of carbonyl (C=O) groups excluding carboxylic acids is 1. The Kier molecular flexibility index (Phi) is 2.81. The van der Waals surface area contributed by atoms with Crippen LogP contribution in [0.25, 0.3) is 0 Å². The van der Waals surface area contributed by atoms with Crippen LogP contribution in [0.4, 0.5) is 0 Å². The number of hydrogen-bond donors (Lipinski definition) is 3. The summed E-state index contributed by atoms with van der Waals surface area (Å²) in [5.41, 5.74) is 0. The molecule has 0 saturated carbocycles. The van der Waals surface area contributed by atoms with Crippen molar-refractivity contribution < 1.29 is 19.7 Å². The Morgan fingerprint density at radius 1 is 1.55 bits per heavy atom. The highest BCUT2D eigenvalue weighted by Gasteiger charge is 2.39. The van der Waals surface area contributed by atoms with Crippen LogP contribution in [0.1, 0.15) is 0 Å². The third-order valence-corrected chi connectivity index (χ3v) is 1.57. The fourth-order valence-corrected chi connectivity index (χ4v) is 0.905. The van der Waals surface area contributed by atoms with Crippen molar-refractivity contribution in [1.29, 1.82) is 0 Å². The predicted octanol–water partition coefficient (Wildman–Crippen LogP) is -1.94. The van der Waals surface area contributed by atoms with Crippen LogP contribution in [0, 0.1) is 5.92 Å². The van der Waals surface area contributed by atoms with Crippen molar-refractivity contribution in [3.63, 3.8) is 0 Å². The van der Waals surface area contributed by atoms with E-state index in [-0.39, 0.29) is 25.7 Å². The summed E-state index contributed by atoms with van der Waals surface area (Å²) in [6, 6.07) is 0. The van der Waals surface area contributed by atoms with Crippen molar-refractivity contribution in [3.05, 3.63) is 0 Å². The third-order valence-electron chi connectivity index (χ3n) is 1.57. The molecule has 0 aromatic heterocycles. The summed E-state index contributed by atoms with van der Waals surface area (Å²) in [5.74, 6) is -0.656. The van der Waals surface area contributed by atoms with E-state index in [1.54, 1.807) is 0 Å². The van der Waals surface area contributed by atoms with Crippen molar-refractivity contribution in [2.45, 2.75) is 6.23 Å². The highest BCUT2D eigenvalue weighted by Crippen LogP contribution is 2.14. The average Bonchev–Trinajstić information content (AvgIpc) is 1.98. The number of nitrogens with one attached hydrogen (secondary N) is 1. The van der Waals surface area contributed by atoms with Gasteiger partial charge in [-0.2, -0.15) is 0 Å². The number of ether oxygens (including phenoxy) is 1. The molecule has 0 aliphatic carbocycles. The summed E-state index contributed by atoms with van der Waals surface area (Å²) >= 11 is 0. The molecule has 5 nitrogen and oxygen atoms in total. The number of rotatable bonds is 4. The van der Waals surface area contributed by atoms with Crippen molar-refractivity contribution in [1.82, 2.24) is 5.32 Å². The quantitative estimate of drug-likeness (QED) is 0.419. The van der Waals surface area contributed by atoms with Gasteiger partial charge < -0.3 is 20.3 Å². The largest absolute Gasteiger partial charge is 0.395 e. The molecule has 1 aliphatic heterocycles. The number of β-lactam (4-membered cyclic amide) rings is 1. The second-order valence-corrected chi connectivity index (χ2v) is 2.31. The monoisotopic (exact) mass is 161 g/mol. The van der Waals surface area contributed by atoms with Crippen molar-refractivity contribution in [3.8, 4) is 0 Å². The predicted molar refractivity (Wildman–Crippen MR) is 35.5 cm³/mol. The minimum absolute atomic E-state index is 0.0789. The first-order valence-corrected chi connectivity index (χ1v) is 3.43. The molecule has 2 atom stereocenters. The van der Waals surface area contributed by atoms with Gasteiger partial charge in [0, 0.05) is 0 Å². The minimum Gasteiger partial charge on any atom is -0.395 e. The summed E-state index contributed by atoms with van der Waals surface area (Å²) in [7, 11) is 0. The molecule has 1 aliphatic rings. The molecule has 64 valence electrons. The van der Waals surface area contributed by atoms with Crippen LogP contribution in [0.15, 0.2) is 0 Å². The Bertz CT molecular complexity index is 150. The lowest BCUT2D eigenvalue weighted by molar-refractivity contribution is -0.158. The maximum Gasteiger partial charge on any atom is 0.232 e. The molecular weight excluding hydrogens is 150 g/mol. The Hall–Kier alpha value is -0.650. The first-order valence-electron chi connectivity index (χ1n) is 3.43. The van der Waals surface area contributed by atoms with Gasteiger partial charge in [-0.1, -0.05) is 0 Å². The number of aliphatic hydroxyl groups excluding tert-OH is 2. The molecule has 0 unspecified atom stereocenters. The molecule has 1 saturated heterocycles. The van der Waals surface area contributed by atoms with E-state index >= 15 is 0 Å². The van der Waals surface area contributed by atoms with Gasteiger partial charge in [0.15, 0.2) is 0 Å². The Balaban J connectivity index is 2.21. The van der Waals surface area contributed by atoms with Crippen molar-refractivity contribution in [2.75, 3.05) is 19.8 Å². The van der Waals surface area contributed by atoms with Gasteiger partial charge in [-0.15, -0.1) is 0 Å². The van der Waals surface area contributed by atoms with Gasteiger partial charge in [0.1, 0.15) is 12.1 Å². The lowest BCUT2D eigenvalue weighted by Gasteiger charge is -2.34. The fraction of sp³-hybridized carbons (Fsp3) is 0.833. The van der Waals surface area contributed by atoms with E-state index in [2.05, 4.69) is 5.32 Å². The zero-order chi connectivity index (χ0) is 8.27. The summed E-state index contributed by atoms with van der Waals surface area (Å²) in [6.07, 6.45) is -0.417. The summed E-state index contributed by atoms with van der Waals surface area (Å²) in [6.45, 7) is -0.103. The number of aliphatic hydroxyl groups is 2. The molecule has 0 aromatic rings. The smallest absolute Gasteiger partial charge is 0.232 e. The standard InChI is InChI=1S/C6H11NO4/c8-1-2-11-6-4(3-9)5(10)7-6/h4,6,8-9H,1-3H2,(H,7,10)/t4-,6-/m1/s1. The molecule has 0 aromatic carbocycles. The molecule has 1 rings (SSSR count). The highest BCUT2D eigenvalue weighted by atomic mass is 16.5. The Labute approximate surface area is 64.0 Å². The third kappa shape index (κ3) is 1.68. The first kappa shape index (κ1) is 8.45. The second kappa shape index (κ2) is 3.66. The summed E-state index contributed by atoms with van der Waals surface area (Å²) in [4.78, 5) is 10.6. The van der Waals surface area contributed by atoms with E-state index in [0.29, 0.717) is 0 Å². The maximum absolute atomic E-state index is 10.6. The highest BCUT2D eigenvalue weighted by molar-refractivity contribution is 5.85. The van der Waals surface area contributed by atoms with Gasteiger partial charge in [-0.25, -0.2) is 0 Å². The van der Waals surface area contributed by atoms with E-state index in [0.717, 1.165) is 0 Å². The van der Waals surface area contributed by atoms with Gasteiger partial charge in [-0.05, 0) is 0 Å². The minimum atomic E-state index is -0.457. The van der Waals surface area contributed by atoms with E-state index in [9.17, 15) is 4.79 Å². The normalized spacial score (nSPS) is 29.5. The van der Waals surface area contributed by atoms with Crippen molar-refractivity contribution >= 4 is 5.91 Å². The van der Waals surface area contributed by atoms with Gasteiger partial charge >= 0.3 is 0 Å². The summed E-state index contributed by atoms with van der Waals surface area (Å²) < 4.78 is 4.96. The molecule has 0 radical (unpaired) electrons. The zero-order valence-corrected chi connectivity index (χ0v) is 5.99. The molecule has 0 spiro atoms. The Morgan fingerprint density at radius 2 is 2.27 bits per heavy atom. The SMILES string of the molecule is O=C1N[C@H](OCCO)[C@@H]1CO. The molecule has 0 bridgehead atoms. The van der Waals surface area contributed by atoms with Crippen LogP contribution < -0.4 is 5.32 Å².